The predicted molar refractivity (Wildman–Crippen MR) is 122 cm³/mol. The molecule has 32 heavy (non-hydrogen) atoms. The number of aromatic nitrogens is 1. The molecule has 1 aliphatic heterocycles. The zero-order chi connectivity index (χ0) is 22.8. The standard InChI is InChI=1S/C25H27N3O4/c1-16-9-10-18(13-17(16)2)21-14-26-23(32-21)11-12-24(29)28-15-22(25(30)27(3)4)31-20-8-6-5-7-19(20)28/h5-10,13-14,22H,11-12,15H2,1-4H3/t22-/m0/s1. The van der Waals surface area contributed by atoms with Crippen LogP contribution in [0.1, 0.15) is 23.4 Å². The van der Waals surface area contributed by atoms with Crippen LogP contribution >= 0.6 is 0 Å². The van der Waals surface area contributed by atoms with E-state index in [0.29, 0.717) is 29.5 Å². The lowest BCUT2D eigenvalue weighted by molar-refractivity contribution is -0.136. The van der Waals surface area contributed by atoms with Gasteiger partial charge in [0.2, 0.25) is 5.91 Å². The van der Waals surface area contributed by atoms with Crippen molar-refractivity contribution >= 4 is 17.5 Å². The normalized spacial score (nSPS) is 15.1. The van der Waals surface area contributed by atoms with Crippen LogP contribution in [0.4, 0.5) is 5.69 Å². The van der Waals surface area contributed by atoms with E-state index in [1.165, 1.54) is 16.0 Å². The molecule has 2 heterocycles. The molecule has 0 unspecified atom stereocenters. The van der Waals surface area contributed by atoms with Crippen LogP contribution in [0.5, 0.6) is 5.75 Å². The molecular weight excluding hydrogens is 406 g/mol. The Bertz CT molecular complexity index is 1150. The molecule has 1 atom stereocenters. The molecule has 0 fully saturated rings. The number of ether oxygens (including phenoxy) is 1. The maximum Gasteiger partial charge on any atom is 0.265 e. The number of fused-ring (bicyclic) bond motifs is 1. The van der Waals surface area contributed by atoms with Crippen molar-refractivity contribution in [1.29, 1.82) is 0 Å². The van der Waals surface area contributed by atoms with Gasteiger partial charge in [0.1, 0.15) is 5.75 Å². The fourth-order valence-corrected chi connectivity index (χ4v) is 3.69. The van der Waals surface area contributed by atoms with Crippen molar-refractivity contribution in [2.75, 3.05) is 25.5 Å². The highest BCUT2D eigenvalue weighted by atomic mass is 16.5. The Labute approximate surface area is 187 Å². The first kappa shape index (κ1) is 21.6. The minimum atomic E-state index is -0.734. The number of likely N-dealkylation sites (N-methyl/N-ethyl adjacent to an activating group) is 1. The van der Waals surface area contributed by atoms with E-state index in [9.17, 15) is 9.59 Å². The van der Waals surface area contributed by atoms with Crippen LogP contribution in [0.2, 0.25) is 0 Å². The number of hydrogen-bond donors (Lipinski definition) is 0. The SMILES string of the molecule is Cc1ccc(-c2cnc(CCC(=O)N3C[C@@H](C(=O)N(C)C)Oc4ccccc43)o2)cc1C. The number of carbonyl (C=O) groups excluding carboxylic acids is 2. The quantitative estimate of drug-likeness (QED) is 0.612. The van der Waals surface area contributed by atoms with Crippen LogP contribution in [-0.2, 0) is 16.0 Å². The average Bonchev–Trinajstić information content (AvgIpc) is 3.27. The van der Waals surface area contributed by atoms with E-state index in [4.69, 9.17) is 9.15 Å². The van der Waals surface area contributed by atoms with Gasteiger partial charge < -0.3 is 19.0 Å². The Morgan fingerprint density at radius 1 is 1.12 bits per heavy atom. The summed E-state index contributed by atoms with van der Waals surface area (Å²) >= 11 is 0. The molecule has 0 radical (unpaired) electrons. The van der Waals surface area contributed by atoms with Crippen LogP contribution in [0.15, 0.2) is 53.1 Å². The Morgan fingerprint density at radius 3 is 2.66 bits per heavy atom. The van der Waals surface area contributed by atoms with E-state index >= 15 is 0 Å². The summed E-state index contributed by atoms with van der Waals surface area (Å²) in [6.45, 7) is 4.30. The smallest absolute Gasteiger partial charge is 0.265 e. The predicted octanol–water partition coefficient (Wildman–Crippen LogP) is 3.77. The second kappa shape index (κ2) is 8.86. The molecule has 166 valence electrons. The fourth-order valence-electron chi connectivity index (χ4n) is 3.69. The van der Waals surface area contributed by atoms with Gasteiger partial charge in [0, 0.05) is 32.5 Å². The summed E-state index contributed by atoms with van der Waals surface area (Å²) in [4.78, 5) is 33.0. The lowest BCUT2D eigenvalue weighted by atomic mass is 10.1. The first-order valence-electron chi connectivity index (χ1n) is 10.6. The number of para-hydroxylation sites is 2. The molecule has 0 bridgehead atoms. The Morgan fingerprint density at radius 2 is 1.91 bits per heavy atom. The number of oxazole rings is 1. The summed E-state index contributed by atoms with van der Waals surface area (Å²) < 4.78 is 11.7. The summed E-state index contributed by atoms with van der Waals surface area (Å²) in [6, 6.07) is 13.4. The van der Waals surface area contributed by atoms with Crippen molar-refractivity contribution in [3.05, 3.63) is 65.7 Å². The highest BCUT2D eigenvalue weighted by molar-refractivity contribution is 5.97. The number of amides is 2. The van der Waals surface area contributed by atoms with Crippen molar-refractivity contribution in [2.24, 2.45) is 0 Å². The molecule has 4 rings (SSSR count). The largest absolute Gasteiger partial charge is 0.476 e. The van der Waals surface area contributed by atoms with Gasteiger partial charge in [0.05, 0.1) is 18.4 Å². The molecule has 7 nitrogen and oxygen atoms in total. The van der Waals surface area contributed by atoms with Gasteiger partial charge in [-0.1, -0.05) is 24.3 Å². The lowest BCUT2D eigenvalue weighted by Crippen LogP contribution is -2.50. The third kappa shape index (κ3) is 4.37. The molecule has 3 aromatic rings. The van der Waals surface area contributed by atoms with E-state index in [-0.39, 0.29) is 24.8 Å². The summed E-state index contributed by atoms with van der Waals surface area (Å²) in [5, 5.41) is 0. The van der Waals surface area contributed by atoms with Gasteiger partial charge in [-0.3, -0.25) is 9.59 Å². The van der Waals surface area contributed by atoms with Crippen LogP contribution < -0.4 is 9.64 Å². The van der Waals surface area contributed by atoms with E-state index in [0.717, 1.165) is 5.56 Å². The highest BCUT2D eigenvalue weighted by Crippen LogP contribution is 2.34. The summed E-state index contributed by atoms with van der Waals surface area (Å²) in [7, 11) is 3.35. The summed E-state index contributed by atoms with van der Waals surface area (Å²) in [5.41, 5.74) is 4.04. The van der Waals surface area contributed by atoms with Crippen molar-refractivity contribution in [3.63, 3.8) is 0 Å². The second-order valence-electron chi connectivity index (χ2n) is 8.23. The van der Waals surface area contributed by atoms with Crippen LogP contribution in [0, 0.1) is 13.8 Å². The summed E-state index contributed by atoms with van der Waals surface area (Å²) in [6.07, 6.45) is 1.54. The molecule has 2 aromatic carbocycles. The van der Waals surface area contributed by atoms with E-state index in [1.54, 1.807) is 31.3 Å². The minimum absolute atomic E-state index is 0.108. The first-order chi connectivity index (χ1) is 15.3. The monoisotopic (exact) mass is 433 g/mol. The molecule has 7 heteroatoms. The summed E-state index contributed by atoms with van der Waals surface area (Å²) in [5.74, 6) is 1.43. The second-order valence-corrected chi connectivity index (χ2v) is 8.23. The third-order valence-corrected chi connectivity index (χ3v) is 5.69. The van der Waals surface area contributed by atoms with Gasteiger partial charge in [-0.15, -0.1) is 0 Å². The van der Waals surface area contributed by atoms with Gasteiger partial charge in [-0.2, -0.15) is 0 Å². The Kier molecular flexibility index (Phi) is 5.99. The lowest BCUT2D eigenvalue weighted by Gasteiger charge is -2.35. The maximum absolute atomic E-state index is 13.1. The number of aryl methyl sites for hydroxylation is 3. The van der Waals surface area contributed by atoms with Gasteiger partial charge >= 0.3 is 0 Å². The van der Waals surface area contributed by atoms with Gasteiger partial charge in [-0.05, 0) is 43.2 Å². The molecule has 0 spiro atoms. The van der Waals surface area contributed by atoms with E-state index in [2.05, 4.69) is 31.0 Å². The minimum Gasteiger partial charge on any atom is -0.476 e. The van der Waals surface area contributed by atoms with Gasteiger partial charge in [0.25, 0.3) is 5.91 Å². The Balaban J connectivity index is 1.47. The molecule has 1 aromatic heterocycles. The Hall–Kier alpha value is -3.61. The zero-order valence-corrected chi connectivity index (χ0v) is 18.8. The van der Waals surface area contributed by atoms with Crippen molar-refractivity contribution in [1.82, 2.24) is 9.88 Å². The number of nitrogens with zero attached hydrogens (tertiary/aromatic N) is 3. The molecule has 2 amide bonds. The van der Waals surface area contributed by atoms with Crippen LogP contribution in [-0.4, -0.2) is 48.4 Å². The topological polar surface area (TPSA) is 75.9 Å². The molecule has 1 aliphatic rings. The van der Waals surface area contributed by atoms with Crippen molar-refractivity contribution in [3.8, 4) is 17.1 Å². The number of hydrogen-bond acceptors (Lipinski definition) is 5. The van der Waals surface area contributed by atoms with E-state index < -0.39 is 6.10 Å². The third-order valence-electron chi connectivity index (χ3n) is 5.69. The average molecular weight is 434 g/mol. The zero-order valence-electron chi connectivity index (χ0n) is 18.8. The number of anilines is 1. The van der Waals surface area contributed by atoms with Crippen molar-refractivity contribution < 1.29 is 18.7 Å². The van der Waals surface area contributed by atoms with Crippen LogP contribution in [0.3, 0.4) is 0 Å². The van der Waals surface area contributed by atoms with Gasteiger partial charge in [0.15, 0.2) is 17.8 Å². The molecule has 0 N–H and O–H groups in total. The maximum atomic E-state index is 13.1. The fraction of sp³-hybridized carbons (Fsp3) is 0.320. The van der Waals surface area contributed by atoms with Gasteiger partial charge in [-0.25, -0.2) is 4.98 Å². The molecular formula is C25H27N3O4. The van der Waals surface area contributed by atoms with E-state index in [1.807, 2.05) is 24.3 Å². The number of benzene rings is 2. The number of rotatable bonds is 5. The molecule has 0 saturated heterocycles. The van der Waals surface area contributed by atoms with Crippen LogP contribution in [0.25, 0.3) is 11.3 Å². The number of carbonyl (C=O) groups is 2. The van der Waals surface area contributed by atoms with Crippen molar-refractivity contribution in [2.45, 2.75) is 32.8 Å². The molecule has 0 saturated carbocycles. The first-order valence-corrected chi connectivity index (χ1v) is 10.6. The molecule has 0 aliphatic carbocycles. The highest BCUT2D eigenvalue weighted by Gasteiger charge is 2.34.